The number of rotatable bonds is 4. The maximum Gasteiger partial charge on any atom is 0.242 e. The SMILES string of the molecule is C=CCN[SiH](Cl)c1ccccc1. The van der Waals surface area contributed by atoms with Crippen molar-refractivity contribution in [3.05, 3.63) is 43.0 Å². The summed E-state index contributed by atoms with van der Waals surface area (Å²) in [6, 6.07) is 10.1. The molecule has 1 aromatic rings. The molecule has 0 heterocycles. The summed E-state index contributed by atoms with van der Waals surface area (Å²) in [6.45, 7) is 4.41. The molecule has 0 aliphatic rings. The molecule has 0 aromatic heterocycles. The van der Waals surface area contributed by atoms with E-state index in [1.807, 2.05) is 24.3 Å². The average molecular weight is 198 g/mol. The van der Waals surface area contributed by atoms with Crippen molar-refractivity contribution in [3.63, 3.8) is 0 Å². The highest BCUT2D eigenvalue weighted by molar-refractivity contribution is 7.12. The number of nitrogens with one attached hydrogen (secondary N) is 1. The maximum atomic E-state index is 6.16. The van der Waals surface area contributed by atoms with Gasteiger partial charge < -0.3 is 4.98 Å². The Balaban J connectivity index is 2.53. The standard InChI is InChI=1S/C9H12ClNSi/c1-2-8-11-12(10)9-6-4-3-5-7-9/h2-7,11-12H,1,8H2. The molecule has 0 radical (unpaired) electrons. The third-order valence-electron chi connectivity index (χ3n) is 1.53. The van der Waals surface area contributed by atoms with Crippen molar-refractivity contribution in [1.29, 1.82) is 0 Å². The highest BCUT2D eigenvalue weighted by Gasteiger charge is 2.06. The molecule has 1 rings (SSSR count). The number of halogens is 1. The molecule has 64 valence electrons. The van der Waals surface area contributed by atoms with Crippen molar-refractivity contribution >= 4 is 24.5 Å². The number of hydrogen-bond acceptors (Lipinski definition) is 1. The first kappa shape index (κ1) is 9.51. The fourth-order valence-corrected chi connectivity index (χ4v) is 2.80. The second-order valence-electron chi connectivity index (χ2n) is 2.47. The smallest absolute Gasteiger partial charge is 0.242 e. The van der Waals surface area contributed by atoms with Gasteiger partial charge >= 0.3 is 0 Å². The third-order valence-corrected chi connectivity index (χ3v) is 4.32. The van der Waals surface area contributed by atoms with Crippen LogP contribution in [0.5, 0.6) is 0 Å². The van der Waals surface area contributed by atoms with Crippen LogP contribution >= 0.6 is 11.1 Å². The molecule has 0 bridgehead atoms. The van der Waals surface area contributed by atoms with Crippen molar-refractivity contribution in [2.24, 2.45) is 0 Å². The lowest BCUT2D eigenvalue weighted by atomic mass is 10.4. The van der Waals surface area contributed by atoms with Gasteiger partial charge in [-0.25, -0.2) is 0 Å². The fourth-order valence-electron chi connectivity index (χ4n) is 0.927. The van der Waals surface area contributed by atoms with Gasteiger partial charge in [0, 0.05) is 6.54 Å². The predicted octanol–water partition coefficient (Wildman–Crippen LogP) is 1.13. The average Bonchev–Trinajstić information content (AvgIpc) is 2.15. The lowest BCUT2D eigenvalue weighted by molar-refractivity contribution is 1.09. The minimum absolute atomic E-state index is 0.787. The Morgan fingerprint density at radius 3 is 2.67 bits per heavy atom. The van der Waals surface area contributed by atoms with Crippen LogP contribution in [0.2, 0.25) is 0 Å². The molecule has 1 unspecified atom stereocenters. The Kier molecular flexibility index (Phi) is 4.08. The van der Waals surface area contributed by atoms with Crippen LogP contribution in [-0.4, -0.2) is 14.8 Å². The first-order chi connectivity index (χ1) is 5.84. The summed E-state index contributed by atoms with van der Waals surface area (Å²) in [4.78, 5) is 3.23. The van der Waals surface area contributed by atoms with Gasteiger partial charge in [0.25, 0.3) is 0 Å². The van der Waals surface area contributed by atoms with Gasteiger partial charge in [-0.15, -0.1) is 17.7 Å². The maximum absolute atomic E-state index is 6.16. The normalized spacial score (nSPS) is 12.4. The number of hydrogen-bond donors (Lipinski definition) is 1. The summed E-state index contributed by atoms with van der Waals surface area (Å²) in [6.07, 6.45) is 1.82. The molecule has 1 atom stereocenters. The van der Waals surface area contributed by atoms with Crippen molar-refractivity contribution in [3.8, 4) is 0 Å². The molecule has 0 saturated heterocycles. The highest BCUT2D eigenvalue weighted by atomic mass is 35.6. The zero-order chi connectivity index (χ0) is 8.81. The topological polar surface area (TPSA) is 12.0 Å². The first-order valence-corrected chi connectivity index (χ1v) is 6.78. The van der Waals surface area contributed by atoms with Crippen LogP contribution in [0.15, 0.2) is 43.0 Å². The Hall–Kier alpha value is -0.573. The summed E-state index contributed by atoms with van der Waals surface area (Å²) in [7, 11) is -1.43. The largest absolute Gasteiger partial charge is 0.321 e. The van der Waals surface area contributed by atoms with E-state index in [0.717, 1.165) is 6.54 Å². The molecule has 1 aromatic carbocycles. The molecule has 0 aliphatic carbocycles. The molecule has 12 heavy (non-hydrogen) atoms. The van der Waals surface area contributed by atoms with Gasteiger partial charge in [-0.2, -0.15) is 0 Å². The van der Waals surface area contributed by atoms with Gasteiger partial charge in [-0.1, -0.05) is 36.4 Å². The van der Waals surface area contributed by atoms with Crippen LogP contribution in [0.4, 0.5) is 0 Å². The second-order valence-corrected chi connectivity index (χ2v) is 5.58. The summed E-state index contributed by atoms with van der Waals surface area (Å²) >= 11 is 6.16. The Labute approximate surface area is 79.5 Å². The molecular formula is C9H12ClNSi. The van der Waals surface area contributed by atoms with Crippen LogP contribution in [0.25, 0.3) is 0 Å². The summed E-state index contributed by atoms with van der Waals surface area (Å²) in [5, 5.41) is 1.22. The summed E-state index contributed by atoms with van der Waals surface area (Å²) < 4.78 is 0. The molecule has 1 nitrogen and oxygen atoms in total. The van der Waals surface area contributed by atoms with E-state index in [2.05, 4.69) is 23.7 Å². The zero-order valence-electron chi connectivity index (χ0n) is 6.83. The van der Waals surface area contributed by atoms with Gasteiger partial charge in [0.15, 0.2) is 0 Å². The summed E-state index contributed by atoms with van der Waals surface area (Å²) in [5.74, 6) is 0. The van der Waals surface area contributed by atoms with Crippen molar-refractivity contribution in [2.45, 2.75) is 0 Å². The minimum Gasteiger partial charge on any atom is -0.321 e. The van der Waals surface area contributed by atoms with Crippen molar-refractivity contribution in [2.75, 3.05) is 6.54 Å². The Morgan fingerprint density at radius 1 is 1.42 bits per heavy atom. The van der Waals surface area contributed by atoms with E-state index in [0.29, 0.717) is 0 Å². The van der Waals surface area contributed by atoms with E-state index in [4.69, 9.17) is 11.1 Å². The summed E-state index contributed by atoms with van der Waals surface area (Å²) in [5.41, 5.74) is 0. The van der Waals surface area contributed by atoms with Crippen LogP contribution in [0.3, 0.4) is 0 Å². The zero-order valence-corrected chi connectivity index (χ0v) is 8.74. The van der Waals surface area contributed by atoms with E-state index in [1.54, 1.807) is 0 Å². The van der Waals surface area contributed by atoms with E-state index in [-0.39, 0.29) is 0 Å². The monoisotopic (exact) mass is 197 g/mol. The molecule has 0 fully saturated rings. The Bertz CT molecular complexity index is 238. The Morgan fingerprint density at radius 2 is 2.08 bits per heavy atom. The van der Waals surface area contributed by atoms with E-state index < -0.39 is 8.27 Å². The van der Waals surface area contributed by atoms with Crippen LogP contribution < -0.4 is 10.2 Å². The number of benzene rings is 1. The van der Waals surface area contributed by atoms with Gasteiger partial charge in [0.05, 0.1) is 0 Å². The second kappa shape index (κ2) is 5.14. The molecule has 0 aliphatic heterocycles. The molecule has 1 N–H and O–H groups in total. The predicted molar refractivity (Wildman–Crippen MR) is 57.3 cm³/mol. The lowest BCUT2D eigenvalue weighted by Crippen LogP contribution is -2.39. The van der Waals surface area contributed by atoms with Crippen LogP contribution in [0, 0.1) is 0 Å². The lowest BCUT2D eigenvalue weighted by Gasteiger charge is -2.07. The van der Waals surface area contributed by atoms with E-state index >= 15 is 0 Å². The van der Waals surface area contributed by atoms with Crippen LogP contribution in [0.1, 0.15) is 0 Å². The van der Waals surface area contributed by atoms with Gasteiger partial charge in [-0.3, -0.25) is 0 Å². The third kappa shape index (κ3) is 2.81. The minimum atomic E-state index is -1.43. The molecular weight excluding hydrogens is 186 g/mol. The molecule has 0 amide bonds. The van der Waals surface area contributed by atoms with Gasteiger partial charge in [0.1, 0.15) is 0 Å². The highest BCUT2D eigenvalue weighted by Crippen LogP contribution is 1.89. The van der Waals surface area contributed by atoms with Crippen LogP contribution in [-0.2, 0) is 0 Å². The van der Waals surface area contributed by atoms with Gasteiger partial charge in [0.2, 0.25) is 8.27 Å². The molecule has 0 spiro atoms. The first-order valence-electron chi connectivity index (χ1n) is 3.88. The van der Waals surface area contributed by atoms with Gasteiger partial charge in [-0.05, 0) is 5.19 Å². The fraction of sp³-hybridized carbons (Fsp3) is 0.111. The van der Waals surface area contributed by atoms with Crippen molar-refractivity contribution < 1.29 is 0 Å². The van der Waals surface area contributed by atoms with E-state index in [9.17, 15) is 0 Å². The quantitative estimate of drug-likeness (QED) is 0.434. The van der Waals surface area contributed by atoms with Crippen molar-refractivity contribution in [1.82, 2.24) is 4.98 Å². The molecule has 3 heteroatoms. The molecule has 0 saturated carbocycles. The van der Waals surface area contributed by atoms with E-state index in [1.165, 1.54) is 5.19 Å².